The molecular weight excluding hydrogens is 376 g/mol. The molecule has 0 bridgehead atoms. The van der Waals surface area contributed by atoms with E-state index in [1.807, 2.05) is 13.8 Å². The molecule has 0 radical (unpaired) electrons. The lowest BCUT2D eigenvalue weighted by molar-refractivity contribution is -0.110. The summed E-state index contributed by atoms with van der Waals surface area (Å²) >= 11 is 0. The molecular formula is C19H30N6O4. The number of amides is 2. The van der Waals surface area contributed by atoms with Crippen LogP contribution >= 0.6 is 0 Å². The molecule has 2 amide bonds. The SMILES string of the molecule is CN=C(C=C(N)COC)C(=O)Nc1cc(C2CC[C@@H](OC(=O)NC(C)C)C2)[nH]n1. The van der Waals surface area contributed by atoms with Crippen LogP contribution in [0.4, 0.5) is 10.6 Å². The number of nitrogens with zero attached hydrogens (tertiary/aromatic N) is 2. The molecule has 10 heteroatoms. The van der Waals surface area contributed by atoms with Crippen molar-refractivity contribution in [3.63, 3.8) is 0 Å². The highest BCUT2D eigenvalue weighted by atomic mass is 16.6. The molecule has 1 aromatic rings. The molecule has 1 aromatic heterocycles. The molecule has 1 aliphatic carbocycles. The van der Waals surface area contributed by atoms with Gasteiger partial charge in [-0.15, -0.1) is 0 Å². The Morgan fingerprint density at radius 1 is 1.45 bits per heavy atom. The second-order valence-electron chi connectivity index (χ2n) is 7.26. The number of nitrogens with two attached hydrogens (primary N) is 1. The maximum Gasteiger partial charge on any atom is 0.407 e. The zero-order chi connectivity index (χ0) is 21.4. The summed E-state index contributed by atoms with van der Waals surface area (Å²) in [5.41, 5.74) is 7.22. The van der Waals surface area contributed by atoms with Crippen LogP contribution in [0.1, 0.15) is 44.7 Å². The van der Waals surface area contributed by atoms with Crippen molar-refractivity contribution in [2.24, 2.45) is 10.7 Å². The van der Waals surface area contributed by atoms with E-state index in [1.54, 1.807) is 6.07 Å². The maximum absolute atomic E-state index is 12.4. The van der Waals surface area contributed by atoms with Gasteiger partial charge in [0.05, 0.1) is 6.61 Å². The first-order chi connectivity index (χ1) is 13.8. The smallest absolute Gasteiger partial charge is 0.407 e. The Labute approximate surface area is 170 Å². The predicted molar refractivity (Wildman–Crippen MR) is 110 cm³/mol. The van der Waals surface area contributed by atoms with Crippen molar-refractivity contribution in [3.8, 4) is 0 Å². The Hall–Kier alpha value is -2.88. The highest BCUT2D eigenvalue weighted by molar-refractivity contribution is 6.47. The number of rotatable bonds is 8. The van der Waals surface area contributed by atoms with E-state index in [1.165, 1.54) is 20.2 Å². The number of ether oxygens (including phenoxy) is 2. The van der Waals surface area contributed by atoms with E-state index in [2.05, 4.69) is 25.8 Å². The fourth-order valence-electron chi connectivity index (χ4n) is 3.16. The van der Waals surface area contributed by atoms with Crippen LogP contribution in [0, 0.1) is 0 Å². The first kappa shape index (κ1) is 22.4. The molecule has 0 spiro atoms. The number of carbonyl (C=O) groups excluding carboxylic acids is 2. The molecule has 1 aliphatic rings. The first-order valence-corrected chi connectivity index (χ1v) is 9.58. The van der Waals surface area contributed by atoms with Crippen LogP contribution in [0.15, 0.2) is 22.8 Å². The van der Waals surface area contributed by atoms with E-state index >= 15 is 0 Å². The largest absolute Gasteiger partial charge is 0.446 e. The number of aromatic nitrogens is 2. The average Bonchev–Trinajstić information content (AvgIpc) is 3.28. The molecule has 2 atom stereocenters. The molecule has 10 nitrogen and oxygen atoms in total. The minimum absolute atomic E-state index is 0.0368. The van der Waals surface area contributed by atoms with Gasteiger partial charge in [0.1, 0.15) is 11.8 Å². The van der Waals surface area contributed by atoms with Crippen LogP contribution in [0.2, 0.25) is 0 Å². The third kappa shape index (κ3) is 6.90. The van der Waals surface area contributed by atoms with Crippen LogP contribution in [0.5, 0.6) is 0 Å². The number of nitrogens with one attached hydrogen (secondary N) is 3. The van der Waals surface area contributed by atoms with E-state index in [0.717, 1.165) is 18.5 Å². The number of aromatic amines is 1. The number of methoxy groups -OCH3 is 1. The summed E-state index contributed by atoms with van der Waals surface area (Å²) in [7, 11) is 3.03. The highest BCUT2D eigenvalue weighted by Gasteiger charge is 2.30. The van der Waals surface area contributed by atoms with Gasteiger partial charge in [0.15, 0.2) is 5.82 Å². The lowest BCUT2D eigenvalue weighted by Crippen LogP contribution is -2.33. The van der Waals surface area contributed by atoms with Gasteiger partial charge in [0.2, 0.25) is 0 Å². The molecule has 2 rings (SSSR count). The number of carbonyl (C=O) groups is 2. The standard InChI is InChI=1S/C19H30N6O4/c1-11(2)22-19(27)29-14-6-5-12(7-14)15-9-17(25-24-15)23-18(26)16(21-3)8-13(20)10-28-4/h8-9,11-12,14H,5-7,10,20H2,1-4H3,(H,22,27)(H2,23,24,25,26)/t12?,14-/m1/s1. The Balaban J connectivity index is 1.91. The van der Waals surface area contributed by atoms with E-state index in [9.17, 15) is 9.59 Å². The summed E-state index contributed by atoms with van der Waals surface area (Å²) in [4.78, 5) is 28.1. The van der Waals surface area contributed by atoms with E-state index in [-0.39, 0.29) is 30.4 Å². The molecule has 160 valence electrons. The number of alkyl carbamates (subject to hydrolysis) is 1. The fourth-order valence-corrected chi connectivity index (χ4v) is 3.16. The molecule has 0 aliphatic heterocycles. The lowest BCUT2D eigenvalue weighted by atomic mass is 10.0. The molecule has 1 heterocycles. The van der Waals surface area contributed by atoms with E-state index in [0.29, 0.717) is 17.9 Å². The van der Waals surface area contributed by atoms with Gasteiger partial charge >= 0.3 is 6.09 Å². The Kier molecular flexibility index (Phi) is 8.20. The predicted octanol–water partition coefficient (Wildman–Crippen LogP) is 1.68. The third-order valence-electron chi connectivity index (χ3n) is 4.45. The topological polar surface area (TPSA) is 144 Å². The van der Waals surface area contributed by atoms with Crippen molar-refractivity contribution >= 4 is 23.5 Å². The quantitative estimate of drug-likeness (QED) is 0.484. The van der Waals surface area contributed by atoms with Crippen molar-refractivity contribution in [1.29, 1.82) is 0 Å². The monoisotopic (exact) mass is 406 g/mol. The summed E-state index contributed by atoms with van der Waals surface area (Å²) in [5.74, 6) is 0.163. The van der Waals surface area contributed by atoms with Crippen molar-refractivity contribution in [1.82, 2.24) is 15.5 Å². The minimum atomic E-state index is -0.414. The number of aliphatic imine (C=N–C) groups is 1. The van der Waals surface area contributed by atoms with Crippen molar-refractivity contribution in [2.75, 3.05) is 26.1 Å². The number of hydrogen-bond donors (Lipinski definition) is 4. The summed E-state index contributed by atoms with van der Waals surface area (Å²) in [6, 6.07) is 1.82. The molecule has 0 saturated heterocycles. The molecule has 29 heavy (non-hydrogen) atoms. The molecule has 1 fully saturated rings. The van der Waals surface area contributed by atoms with Crippen LogP contribution in [-0.2, 0) is 14.3 Å². The van der Waals surface area contributed by atoms with Crippen LogP contribution < -0.4 is 16.4 Å². The number of H-pyrrole nitrogens is 1. The Morgan fingerprint density at radius 2 is 2.21 bits per heavy atom. The van der Waals surface area contributed by atoms with Crippen molar-refractivity contribution < 1.29 is 19.1 Å². The molecule has 1 unspecified atom stereocenters. The zero-order valence-electron chi connectivity index (χ0n) is 17.3. The highest BCUT2D eigenvalue weighted by Crippen LogP contribution is 2.35. The van der Waals surface area contributed by atoms with Gasteiger partial charge in [-0.3, -0.25) is 14.9 Å². The van der Waals surface area contributed by atoms with Crippen LogP contribution in [0.25, 0.3) is 0 Å². The number of hydrogen-bond acceptors (Lipinski definition) is 7. The fraction of sp³-hybridized carbons (Fsp3) is 0.579. The minimum Gasteiger partial charge on any atom is -0.446 e. The second-order valence-corrected chi connectivity index (χ2v) is 7.26. The van der Waals surface area contributed by atoms with Gasteiger partial charge in [-0.05, 0) is 39.2 Å². The van der Waals surface area contributed by atoms with Crippen LogP contribution in [0.3, 0.4) is 0 Å². The maximum atomic E-state index is 12.4. The van der Waals surface area contributed by atoms with Gasteiger partial charge < -0.3 is 25.8 Å². The van der Waals surface area contributed by atoms with Crippen molar-refractivity contribution in [2.45, 2.75) is 51.2 Å². The Morgan fingerprint density at radius 3 is 2.86 bits per heavy atom. The van der Waals surface area contributed by atoms with Gasteiger partial charge in [-0.2, -0.15) is 5.10 Å². The molecule has 5 N–H and O–H groups in total. The zero-order valence-corrected chi connectivity index (χ0v) is 17.3. The van der Waals surface area contributed by atoms with Gasteiger partial charge in [-0.25, -0.2) is 4.79 Å². The summed E-state index contributed by atoms with van der Waals surface area (Å²) < 4.78 is 10.4. The van der Waals surface area contributed by atoms with Crippen molar-refractivity contribution in [3.05, 3.63) is 23.5 Å². The third-order valence-corrected chi connectivity index (χ3v) is 4.45. The van der Waals surface area contributed by atoms with E-state index in [4.69, 9.17) is 15.2 Å². The first-order valence-electron chi connectivity index (χ1n) is 9.58. The van der Waals surface area contributed by atoms with Crippen LogP contribution in [-0.4, -0.2) is 60.8 Å². The van der Waals surface area contributed by atoms with Gasteiger partial charge in [-0.1, -0.05) is 0 Å². The number of anilines is 1. The summed E-state index contributed by atoms with van der Waals surface area (Å²) in [5, 5.41) is 12.5. The Bertz CT molecular complexity index is 771. The van der Waals surface area contributed by atoms with Gasteiger partial charge in [0, 0.05) is 43.6 Å². The molecule has 1 saturated carbocycles. The summed E-state index contributed by atoms with van der Waals surface area (Å²) in [6.07, 6.45) is 3.30. The summed E-state index contributed by atoms with van der Waals surface area (Å²) in [6.45, 7) is 3.98. The average molecular weight is 406 g/mol. The second kappa shape index (κ2) is 10.6. The lowest BCUT2D eigenvalue weighted by Gasteiger charge is -2.14. The van der Waals surface area contributed by atoms with E-state index < -0.39 is 12.0 Å². The molecule has 0 aromatic carbocycles. The van der Waals surface area contributed by atoms with Gasteiger partial charge in [0.25, 0.3) is 5.91 Å². The normalized spacial score (nSPS) is 20.0.